The summed E-state index contributed by atoms with van der Waals surface area (Å²) in [6, 6.07) is 10.8. The number of carbonyl (C=O) groups is 2. The van der Waals surface area contributed by atoms with Crippen LogP contribution in [0.15, 0.2) is 41.8 Å². The van der Waals surface area contributed by atoms with Crippen molar-refractivity contribution < 1.29 is 14.3 Å². The number of hydrogen-bond donors (Lipinski definition) is 1. The Labute approximate surface area is 121 Å². The molecule has 5 heteroatoms. The monoisotopic (exact) mass is 289 g/mol. The molecular weight excluding hydrogens is 274 g/mol. The number of anilines is 1. The van der Waals surface area contributed by atoms with Crippen molar-refractivity contribution in [2.75, 3.05) is 5.32 Å². The highest BCUT2D eigenvalue weighted by Gasteiger charge is 2.19. The summed E-state index contributed by atoms with van der Waals surface area (Å²) in [6.07, 6.45) is -0.842. The Morgan fingerprint density at radius 1 is 1.20 bits per heavy atom. The fraction of sp³-hybridized carbons (Fsp3) is 0.200. The van der Waals surface area contributed by atoms with E-state index < -0.39 is 12.1 Å². The van der Waals surface area contributed by atoms with Crippen molar-refractivity contribution in [2.45, 2.75) is 20.0 Å². The van der Waals surface area contributed by atoms with Gasteiger partial charge in [-0.2, -0.15) is 0 Å². The van der Waals surface area contributed by atoms with Gasteiger partial charge in [0.25, 0.3) is 5.91 Å². The molecule has 0 unspecified atom stereocenters. The van der Waals surface area contributed by atoms with Crippen LogP contribution in [0.4, 0.5) is 5.69 Å². The summed E-state index contributed by atoms with van der Waals surface area (Å²) < 4.78 is 5.11. The number of nitrogens with one attached hydrogen (secondary N) is 1. The predicted octanol–water partition coefficient (Wildman–Crippen LogP) is 3.24. The molecule has 1 aromatic carbocycles. The molecule has 1 amide bonds. The van der Waals surface area contributed by atoms with Gasteiger partial charge in [-0.15, -0.1) is 11.3 Å². The van der Waals surface area contributed by atoms with Crippen LogP contribution in [-0.2, 0) is 9.53 Å². The lowest BCUT2D eigenvalue weighted by Crippen LogP contribution is -2.29. The van der Waals surface area contributed by atoms with Crippen LogP contribution in [-0.4, -0.2) is 18.0 Å². The van der Waals surface area contributed by atoms with Crippen molar-refractivity contribution in [3.8, 4) is 0 Å². The Morgan fingerprint density at radius 2 is 1.90 bits per heavy atom. The van der Waals surface area contributed by atoms with Crippen LogP contribution >= 0.6 is 11.3 Å². The van der Waals surface area contributed by atoms with E-state index >= 15 is 0 Å². The van der Waals surface area contributed by atoms with Gasteiger partial charge in [0.2, 0.25) is 0 Å². The standard InChI is InChI=1S/C15H15NO3S/c1-10-5-7-12(8-6-10)16-14(17)11(2)19-15(18)13-4-3-9-20-13/h3-9,11H,1-2H3,(H,16,17)/t11-/m1/s1. The van der Waals surface area contributed by atoms with Crippen LogP contribution in [0.3, 0.4) is 0 Å². The number of rotatable bonds is 4. The molecule has 0 radical (unpaired) electrons. The third kappa shape index (κ3) is 3.68. The van der Waals surface area contributed by atoms with Crippen LogP contribution in [0.2, 0.25) is 0 Å². The van der Waals surface area contributed by atoms with Gasteiger partial charge in [-0.05, 0) is 37.4 Å². The summed E-state index contributed by atoms with van der Waals surface area (Å²) in [5.41, 5.74) is 1.79. The highest BCUT2D eigenvalue weighted by Crippen LogP contribution is 2.13. The first-order valence-corrected chi connectivity index (χ1v) is 7.06. The minimum absolute atomic E-state index is 0.348. The van der Waals surface area contributed by atoms with E-state index in [9.17, 15) is 9.59 Å². The van der Waals surface area contributed by atoms with Gasteiger partial charge in [-0.25, -0.2) is 4.79 Å². The molecule has 0 aliphatic carbocycles. The molecule has 0 fully saturated rings. The van der Waals surface area contributed by atoms with Gasteiger partial charge in [0.15, 0.2) is 6.10 Å². The number of amides is 1. The molecule has 0 saturated heterocycles. The molecule has 104 valence electrons. The van der Waals surface area contributed by atoms with Gasteiger partial charge in [-0.1, -0.05) is 23.8 Å². The molecule has 1 aromatic heterocycles. The molecule has 1 atom stereocenters. The summed E-state index contributed by atoms with van der Waals surface area (Å²) in [7, 11) is 0. The number of hydrogen-bond acceptors (Lipinski definition) is 4. The van der Waals surface area contributed by atoms with Crippen LogP contribution in [0.5, 0.6) is 0 Å². The molecule has 0 aliphatic heterocycles. The lowest BCUT2D eigenvalue weighted by molar-refractivity contribution is -0.123. The number of ether oxygens (including phenoxy) is 1. The Bertz CT molecular complexity index is 590. The topological polar surface area (TPSA) is 55.4 Å². The third-order valence-electron chi connectivity index (χ3n) is 2.69. The van der Waals surface area contributed by atoms with Gasteiger partial charge in [0.05, 0.1) is 0 Å². The summed E-state index contributed by atoms with van der Waals surface area (Å²) in [4.78, 5) is 24.1. The lowest BCUT2D eigenvalue weighted by Gasteiger charge is -2.13. The van der Waals surface area contributed by atoms with Gasteiger partial charge in [-0.3, -0.25) is 4.79 Å². The van der Waals surface area contributed by atoms with Crippen molar-refractivity contribution in [3.05, 3.63) is 52.2 Å². The molecule has 2 aromatic rings. The van der Waals surface area contributed by atoms with E-state index in [-0.39, 0.29) is 5.91 Å². The Balaban J connectivity index is 1.92. The smallest absolute Gasteiger partial charge is 0.349 e. The minimum Gasteiger partial charge on any atom is -0.448 e. The van der Waals surface area contributed by atoms with Gasteiger partial charge in [0.1, 0.15) is 4.88 Å². The third-order valence-corrected chi connectivity index (χ3v) is 3.54. The Hall–Kier alpha value is -2.14. The average Bonchev–Trinajstić information content (AvgIpc) is 2.95. The van der Waals surface area contributed by atoms with Crippen LogP contribution in [0, 0.1) is 6.92 Å². The normalized spacial score (nSPS) is 11.7. The highest BCUT2D eigenvalue weighted by molar-refractivity contribution is 7.11. The van der Waals surface area contributed by atoms with Crippen LogP contribution in [0.1, 0.15) is 22.2 Å². The quantitative estimate of drug-likeness (QED) is 0.879. The summed E-state index contributed by atoms with van der Waals surface area (Å²) >= 11 is 1.28. The van der Waals surface area contributed by atoms with Crippen molar-refractivity contribution >= 4 is 28.9 Å². The molecule has 0 saturated carbocycles. The zero-order valence-corrected chi connectivity index (χ0v) is 12.1. The maximum absolute atomic E-state index is 11.9. The van der Waals surface area contributed by atoms with Gasteiger partial charge >= 0.3 is 5.97 Å². The average molecular weight is 289 g/mol. The van der Waals surface area contributed by atoms with E-state index in [4.69, 9.17) is 4.74 Å². The van der Waals surface area contributed by atoms with E-state index in [1.54, 1.807) is 36.6 Å². The zero-order valence-electron chi connectivity index (χ0n) is 11.3. The second-order valence-electron chi connectivity index (χ2n) is 4.38. The van der Waals surface area contributed by atoms with E-state index in [1.165, 1.54) is 11.3 Å². The second kappa shape index (κ2) is 6.34. The van der Waals surface area contributed by atoms with Crippen LogP contribution < -0.4 is 5.32 Å². The molecule has 1 heterocycles. The first-order valence-electron chi connectivity index (χ1n) is 6.18. The molecular formula is C15H15NO3S. The Kier molecular flexibility index (Phi) is 4.53. The maximum atomic E-state index is 11.9. The van der Waals surface area contributed by atoms with Crippen molar-refractivity contribution in [2.24, 2.45) is 0 Å². The van der Waals surface area contributed by atoms with Crippen molar-refractivity contribution in [1.82, 2.24) is 0 Å². The lowest BCUT2D eigenvalue weighted by atomic mass is 10.2. The second-order valence-corrected chi connectivity index (χ2v) is 5.33. The molecule has 1 N–H and O–H groups in total. The largest absolute Gasteiger partial charge is 0.448 e. The Morgan fingerprint density at radius 3 is 2.50 bits per heavy atom. The fourth-order valence-corrected chi connectivity index (χ4v) is 2.15. The van der Waals surface area contributed by atoms with E-state index in [2.05, 4.69) is 5.32 Å². The number of esters is 1. The van der Waals surface area contributed by atoms with Crippen molar-refractivity contribution in [3.63, 3.8) is 0 Å². The zero-order chi connectivity index (χ0) is 14.5. The first kappa shape index (κ1) is 14.3. The van der Waals surface area contributed by atoms with E-state index in [0.29, 0.717) is 10.6 Å². The van der Waals surface area contributed by atoms with Crippen molar-refractivity contribution in [1.29, 1.82) is 0 Å². The van der Waals surface area contributed by atoms with E-state index in [1.807, 2.05) is 19.1 Å². The SMILES string of the molecule is Cc1ccc(NC(=O)[C@@H](C)OC(=O)c2cccs2)cc1. The molecule has 0 bridgehead atoms. The van der Waals surface area contributed by atoms with Gasteiger partial charge in [0, 0.05) is 5.69 Å². The summed E-state index contributed by atoms with van der Waals surface area (Å²) in [5.74, 6) is -0.828. The number of carbonyl (C=O) groups excluding carboxylic acids is 2. The molecule has 0 spiro atoms. The summed E-state index contributed by atoms with van der Waals surface area (Å²) in [5, 5.41) is 4.49. The maximum Gasteiger partial charge on any atom is 0.349 e. The van der Waals surface area contributed by atoms with E-state index in [0.717, 1.165) is 5.56 Å². The number of benzene rings is 1. The minimum atomic E-state index is -0.842. The molecule has 4 nitrogen and oxygen atoms in total. The molecule has 2 rings (SSSR count). The predicted molar refractivity (Wildman–Crippen MR) is 79.0 cm³/mol. The van der Waals surface area contributed by atoms with Gasteiger partial charge < -0.3 is 10.1 Å². The molecule has 0 aliphatic rings. The molecule has 20 heavy (non-hydrogen) atoms. The van der Waals surface area contributed by atoms with Crippen LogP contribution in [0.25, 0.3) is 0 Å². The number of aryl methyl sites for hydroxylation is 1. The highest BCUT2D eigenvalue weighted by atomic mass is 32.1. The number of thiophene rings is 1. The first-order chi connectivity index (χ1) is 9.56. The fourth-order valence-electron chi connectivity index (χ4n) is 1.55. The summed E-state index contributed by atoms with van der Waals surface area (Å²) in [6.45, 7) is 3.52.